The molecule has 2 atom stereocenters. The van der Waals surface area contributed by atoms with Gasteiger partial charge in [-0.3, -0.25) is 9.59 Å². The quantitative estimate of drug-likeness (QED) is 0.0320. The molecule has 0 radical (unpaired) electrons. The van der Waals surface area contributed by atoms with Crippen LogP contribution >= 0.6 is 0 Å². The molecule has 0 heterocycles. The van der Waals surface area contributed by atoms with Gasteiger partial charge >= 0.3 is 5.97 Å². The number of amides is 1. The van der Waals surface area contributed by atoms with Crippen LogP contribution in [-0.4, -0.2) is 47.4 Å². The van der Waals surface area contributed by atoms with Crippen LogP contribution in [0.4, 0.5) is 0 Å². The lowest BCUT2D eigenvalue weighted by Gasteiger charge is -2.22. The molecule has 0 aliphatic carbocycles. The van der Waals surface area contributed by atoms with Crippen molar-refractivity contribution >= 4 is 11.9 Å². The second-order valence-corrected chi connectivity index (χ2v) is 24.6. The van der Waals surface area contributed by atoms with Crippen LogP contribution in [-0.2, 0) is 14.3 Å². The minimum atomic E-state index is -0.658. The number of esters is 1. The molecule has 0 aromatic heterocycles. The molecule has 0 aliphatic rings. The molecule has 77 heavy (non-hydrogen) atoms. The molecule has 0 spiro atoms. The normalized spacial score (nSPS) is 12.5. The van der Waals surface area contributed by atoms with Gasteiger partial charge in [0.2, 0.25) is 5.91 Å². The van der Waals surface area contributed by atoms with E-state index in [0.717, 1.165) is 44.9 Å². The number of hydrogen-bond donors (Lipinski definition) is 3. The van der Waals surface area contributed by atoms with E-state index in [9.17, 15) is 19.8 Å². The van der Waals surface area contributed by atoms with Gasteiger partial charge in [0.05, 0.1) is 25.4 Å². The number of aliphatic hydroxyl groups is 2. The molecule has 0 bridgehead atoms. The molecule has 1 amide bonds. The SMILES string of the molecule is CCCCC/C=C\CCCCCCCC(=O)OCCCCCCCCCCCCCCCCCCCCCCCCCCCCCCCCCCCCCCCC(=O)NC(CO)C(O)CCCCCCCCCCCCC. The van der Waals surface area contributed by atoms with Crippen molar-refractivity contribution in [2.24, 2.45) is 0 Å². The number of nitrogens with one attached hydrogen (secondary N) is 1. The fraction of sp³-hybridized carbons (Fsp3) is 0.944. The molecule has 0 aliphatic heterocycles. The standard InChI is InChI=1S/C71H139NO5/c1-3-5-7-9-11-13-15-45-49-53-57-61-65-71(76)77-66-62-58-54-50-46-42-40-38-36-34-32-30-28-26-24-22-20-18-16-17-19-21-23-25-27-29-31-33-35-37-39-41-44-48-52-56-60-64-70(75)72-68(67-73)69(74)63-59-55-51-47-43-14-12-10-8-6-4-2/h11,13,68-69,73-74H,3-10,12,14-67H2,1-2H3,(H,72,75)/b13-11-. The molecule has 0 saturated heterocycles. The molecular formula is C71H139NO5. The Morgan fingerprint density at radius 1 is 0.351 bits per heavy atom. The van der Waals surface area contributed by atoms with Crippen molar-refractivity contribution in [3.63, 3.8) is 0 Å². The smallest absolute Gasteiger partial charge is 0.305 e. The average Bonchev–Trinajstić information content (AvgIpc) is 3.43. The highest BCUT2D eigenvalue weighted by atomic mass is 16.5. The summed E-state index contributed by atoms with van der Waals surface area (Å²) in [7, 11) is 0. The third-order valence-electron chi connectivity index (χ3n) is 16.8. The first-order chi connectivity index (χ1) is 38.0. The Kier molecular flexibility index (Phi) is 65.9. The van der Waals surface area contributed by atoms with Crippen LogP contribution in [0.5, 0.6) is 0 Å². The summed E-state index contributed by atoms with van der Waals surface area (Å²) < 4.78 is 5.48. The molecule has 0 rings (SSSR count). The fourth-order valence-electron chi connectivity index (χ4n) is 11.4. The van der Waals surface area contributed by atoms with E-state index >= 15 is 0 Å². The van der Waals surface area contributed by atoms with Gasteiger partial charge in [0.25, 0.3) is 0 Å². The summed E-state index contributed by atoms with van der Waals surface area (Å²) >= 11 is 0. The summed E-state index contributed by atoms with van der Waals surface area (Å²) in [6.07, 6.45) is 82.9. The third kappa shape index (κ3) is 63.6. The van der Waals surface area contributed by atoms with Gasteiger partial charge in [-0.2, -0.15) is 0 Å². The molecule has 458 valence electrons. The number of hydrogen-bond acceptors (Lipinski definition) is 5. The lowest BCUT2D eigenvalue weighted by Crippen LogP contribution is -2.45. The predicted octanol–water partition coefficient (Wildman–Crippen LogP) is 22.8. The first-order valence-electron chi connectivity index (χ1n) is 35.4. The Morgan fingerprint density at radius 2 is 0.610 bits per heavy atom. The highest BCUT2D eigenvalue weighted by Gasteiger charge is 2.20. The number of carbonyl (C=O) groups is 2. The highest BCUT2D eigenvalue weighted by Crippen LogP contribution is 2.19. The van der Waals surface area contributed by atoms with Crippen LogP contribution in [0.15, 0.2) is 12.2 Å². The van der Waals surface area contributed by atoms with Gasteiger partial charge in [0.1, 0.15) is 0 Å². The van der Waals surface area contributed by atoms with Gasteiger partial charge in [0, 0.05) is 12.8 Å². The van der Waals surface area contributed by atoms with Gasteiger partial charge in [-0.25, -0.2) is 0 Å². The molecule has 0 aromatic carbocycles. The summed E-state index contributed by atoms with van der Waals surface area (Å²) in [6.45, 7) is 4.95. The Hall–Kier alpha value is -1.40. The van der Waals surface area contributed by atoms with E-state index in [4.69, 9.17) is 4.74 Å². The second-order valence-electron chi connectivity index (χ2n) is 24.6. The second kappa shape index (κ2) is 67.1. The van der Waals surface area contributed by atoms with Gasteiger partial charge < -0.3 is 20.3 Å². The van der Waals surface area contributed by atoms with Crippen molar-refractivity contribution in [1.29, 1.82) is 0 Å². The fourth-order valence-corrected chi connectivity index (χ4v) is 11.4. The van der Waals surface area contributed by atoms with E-state index in [1.165, 1.54) is 327 Å². The van der Waals surface area contributed by atoms with E-state index in [2.05, 4.69) is 31.3 Å². The predicted molar refractivity (Wildman–Crippen MR) is 338 cm³/mol. The van der Waals surface area contributed by atoms with Gasteiger partial charge in [-0.05, 0) is 51.4 Å². The Bertz CT molecular complexity index is 1160. The molecule has 0 saturated carbocycles. The van der Waals surface area contributed by atoms with Crippen molar-refractivity contribution in [2.75, 3.05) is 13.2 Å². The first-order valence-corrected chi connectivity index (χ1v) is 35.4. The molecule has 3 N–H and O–H groups in total. The summed E-state index contributed by atoms with van der Waals surface area (Å²) in [5.74, 6) is -0.0141. The van der Waals surface area contributed by atoms with Crippen LogP contribution in [0.1, 0.15) is 406 Å². The Morgan fingerprint density at radius 3 is 0.948 bits per heavy atom. The molecular weight excluding hydrogens is 947 g/mol. The van der Waals surface area contributed by atoms with Crippen LogP contribution in [0.3, 0.4) is 0 Å². The molecule has 0 fully saturated rings. The van der Waals surface area contributed by atoms with Crippen molar-refractivity contribution in [3.05, 3.63) is 12.2 Å². The lowest BCUT2D eigenvalue weighted by molar-refractivity contribution is -0.143. The largest absolute Gasteiger partial charge is 0.466 e. The van der Waals surface area contributed by atoms with E-state index in [1.807, 2.05) is 0 Å². The maximum Gasteiger partial charge on any atom is 0.305 e. The zero-order valence-electron chi connectivity index (χ0n) is 52.5. The Labute approximate surface area is 482 Å². The number of aliphatic hydroxyl groups excluding tert-OH is 2. The monoisotopic (exact) mass is 1090 g/mol. The molecule has 2 unspecified atom stereocenters. The van der Waals surface area contributed by atoms with Gasteiger partial charge in [-0.1, -0.05) is 353 Å². The summed E-state index contributed by atoms with van der Waals surface area (Å²) in [6, 6.07) is -0.534. The van der Waals surface area contributed by atoms with Crippen LogP contribution in [0.2, 0.25) is 0 Å². The minimum absolute atomic E-state index is 0.0138. The Balaban J connectivity index is 3.27. The molecule has 6 nitrogen and oxygen atoms in total. The zero-order chi connectivity index (χ0) is 55.7. The number of rotatable bonds is 67. The summed E-state index contributed by atoms with van der Waals surface area (Å²) in [4.78, 5) is 24.5. The van der Waals surface area contributed by atoms with Crippen LogP contribution < -0.4 is 5.32 Å². The van der Waals surface area contributed by atoms with Crippen molar-refractivity contribution in [2.45, 2.75) is 418 Å². The maximum absolute atomic E-state index is 12.5. The third-order valence-corrected chi connectivity index (χ3v) is 16.8. The van der Waals surface area contributed by atoms with E-state index in [1.54, 1.807) is 0 Å². The van der Waals surface area contributed by atoms with Crippen molar-refractivity contribution < 1.29 is 24.5 Å². The lowest BCUT2D eigenvalue weighted by atomic mass is 10.0. The highest BCUT2D eigenvalue weighted by molar-refractivity contribution is 5.76. The van der Waals surface area contributed by atoms with Crippen LogP contribution in [0.25, 0.3) is 0 Å². The van der Waals surface area contributed by atoms with Crippen LogP contribution in [0, 0.1) is 0 Å². The van der Waals surface area contributed by atoms with E-state index in [-0.39, 0.29) is 18.5 Å². The van der Waals surface area contributed by atoms with E-state index < -0.39 is 12.1 Å². The summed E-state index contributed by atoms with van der Waals surface area (Å²) in [5, 5.41) is 23.2. The number of carbonyl (C=O) groups excluding carboxylic acids is 2. The van der Waals surface area contributed by atoms with E-state index in [0.29, 0.717) is 25.9 Å². The van der Waals surface area contributed by atoms with Gasteiger partial charge in [0.15, 0.2) is 0 Å². The zero-order valence-corrected chi connectivity index (χ0v) is 52.5. The first kappa shape index (κ1) is 75.6. The number of unbranched alkanes of at least 4 members (excludes halogenated alkanes) is 54. The number of ether oxygens (including phenoxy) is 1. The maximum atomic E-state index is 12.5. The van der Waals surface area contributed by atoms with Gasteiger partial charge in [-0.15, -0.1) is 0 Å². The van der Waals surface area contributed by atoms with Crippen molar-refractivity contribution in [3.8, 4) is 0 Å². The molecule has 6 heteroatoms. The number of allylic oxidation sites excluding steroid dienone is 2. The van der Waals surface area contributed by atoms with Crippen molar-refractivity contribution in [1.82, 2.24) is 5.32 Å². The molecule has 0 aromatic rings. The minimum Gasteiger partial charge on any atom is -0.466 e. The topological polar surface area (TPSA) is 95.9 Å². The summed E-state index contributed by atoms with van der Waals surface area (Å²) in [5.41, 5.74) is 0. The average molecular weight is 1090 g/mol.